The fourth-order valence-corrected chi connectivity index (χ4v) is 1.37. The van der Waals surface area contributed by atoms with Crippen LogP contribution in [-0.2, 0) is 0 Å². The molecule has 0 radical (unpaired) electrons. The summed E-state index contributed by atoms with van der Waals surface area (Å²) in [7, 11) is 0. The summed E-state index contributed by atoms with van der Waals surface area (Å²) in [4.78, 5) is 0. The van der Waals surface area contributed by atoms with Crippen molar-refractivity contribution in [1.29, 1.82) is 5.26 Å². The summed E-state index contributed by atoms with van der Waals surface area (Å²) in [6.07, 6.45) is 0.467. The van der Waals surface area contributed by atoms with Gasteiger partial charge < -0.3 is 5.73 Å². The number of hydrogen-bond acceptors (Lipinski definition) is 2. The van der Waals surface area contributed by atoms with Crippen molar-refractivity contribution in [3.05, 3.63) is 40.2 Å². The number of nitrogens with zero attached hydrogens (tertiary/aromatic N) is 1. The topological polar surface area (TPSA) is 49.8 Å². The van der Waals surface area contributed by atoms with Gasteiger partial charge in [-0.1, -0.05) is 18.5 Å². The number of allylic oxidation sites excluding steroid dienone is 1. The van der Waals surface area contributed by atoms with Crippen LogP contribution in [0.4, 0.5) is 4.39 Å². The predicted molar refractivity (Wildman–Crippen MR) is 58.4 cm³/mol. The first-order valence-corrected chi connectivity index (χ1v) is 4.82. The molecule has 2 nitrogen and oxygen atoms in total. The first-order valence-electron chi connectivity index (χ1n) is 4.44. The maximum atomic E-state index is 13.4. The van der Waals surface area contributed by atoms with E-state index in [9.17, 15) is 4.39 Å². The molecule has 0 fully saturated rings. The van der Waals surface area contributed by atoms with E-state index in [0.717, 1.165) is 0 Å². The third kappa shape index (κ3) is 2.48. The summed E-state index contributed by atoms with van der Waals surface area (Å²) in [5, 5.41) is 9.17. The average molecular weight is 225 g/mol. The predicted octanol–water partition coefficient (Wildman–Crippen LogP) is 3.08. The van der Waals surface area contributed by atoms with Gasteiger partial charge in [-0.15, -0.1) is 0 Å². The minimum atomic E-state index is -0.474. The largest absolute Gasteiger partial charge is 0.397 e. The van der Waals surface area contributed by atoms with E-state index in [-0.39, 0.29) is 11.3 Å². The molecule has 1 aromatic rings. The molecule has 0 unspecified atom stereocenters. The standard InChI is InChI=1S/C11H10ClFN2/c1-2-7(6-14)11(15)9-5-8(12)3-4-10(9)13/h3-5H,2,15H2,1H3/b11-7-. The minimum absolute atomic E-state index is 0.153. The SMILES string of the molecule is CC/C(C#N)=C(/N)c1cc(Cl)ccc1F. The summed E-state index contributed by atoms with van der Waals surface area (Å²) in [5.74, 6) is -0.474. The van der Waals surface area contributed by atoms with Crippen LogP contribution in [0.3, 0.4) is 0 Å². The van der Waals surface area contributed by atoms with E-state index < -0.39 is 5.82 Å². The average Bonchev–Trinajstić information content (AvgIpc) is 2.23. The van der Waals surface area contributed by atoms with Crippen LogP contribution in [0.25, 0.3) is 5.70 Å². The van der Waals surface area contributed by atoms with Crippen molar-refractivity contribution in [2.45, 2.75) is 13.3 Å². The Morgan fingerprint density at radius 1 is 1.60 bits per heavy atom. The molecule has 0 aliphatic rings. The van der Waals surface area contributed by atoms with Gasteiger partial charge in [0.25, 0.3) is 0 Å². The van der Waals surface area contributed by atoms with Gasteiger partial charge in [-0.25, -0.2) is 4.39 Å². The van der Waals surface area contributed by atoms with E-state index in [2.05, 4.69) is 0 Å². The molecule has 0 amide bonds. The van der Waals surface area contributed by atoms with Crippen molar-refractivity contribution in [1.82, 2.24) is 0 Å². The molecule has 4 heteroatoms. The Hall–Kier alpha value is -1.53. The molecular formula is C11H10ClFN2. The van der Waals surface area contributed by atoms with Gasteiger partial charge in [-0.3, -0.25) is 0 Å². The fourth-order valence-electron chi connectivity index (χ4n) is 1.20. The Balaban J connectivity index is 3.34. The number of nitriles is 1. The van der Waals surface area contributed by atoms with Gasteiger partial charge in [-0.05, 0) is 24.6 Å². The summed E-state index contributed by atoms with van der Waals surface area (Å²) in [6.45, 7) is 1.79. The Bertz CT molecular complexity index is 446. The van der Waals surface area contributed by atoms with Gasteiger partial charge in [0, 0.05) is 10.6 Å². The molecule has 0 atom stereocenters. The Morgan fingerprint density at radius 3 is 2.80 bits per heavy atom. The van der Waals surface area contributed by atoms with Crippen molar-refractivity contribution in [2.24, 2.45) is 5.73 Å². The molecular weight excluding hydrogens is 215 g/mol. The number of halogens is 2. The Kier molecular flexibility index (Phi) is 3.70. The van der Waals surface area contributed by atoms with E-state index in [1.807, 2.05) is 6.07 Å². The highest BCUT2D eigenvalue weighted by molar-refractivity contribution is 6.30. The zero-order valence-corrected chi connectivity index (χ0v) is 8.98. The van der Waals surface area contributed by atoms with E-state index in [4.69, 9.17) is 22.6 Å². The monoisotopic (exact) mass is 224 g/mol. The molecule has 0 heterocycles. The van der Waals surface area contributed by atoms with Crippen LogP contribution in [-0.4, -0.2) is 0 Å². The van der Waals surface area contributed by atoms with E-state index in [1.165, 1.54) is 18.2 Å². The zero-order valence-electron chi connectivity index (χ0n) is 8.22. The molecule has 2 N–H and O–H groups in total. The summed E-state index contributed by atoms with van der Waals surface area (Å²) >= 11 is 5.72. The third-order valence-corrected chi connectivity index (χ3v) is 2.27. The lowest BCUT2D eigenvalue weighted by atomic mass is 10.1. The van der Waals surface area contributed by atoms with Crippen LogP contribution in [0.5, 0.6) is 0 Å². The number of nitrogens with two attached hydrogens (primary N) is 1. The van der Waals surface area contributed by atoms with Crippen LogP contribution < -0.4 is 5.73 Å². The molecule has 0 aromatic heterocycles. The highest BCUT2D eigenvalue weighted by atomic mass is 35.5. The second kappa shape index (κ2) is 4.81. The maximum Gasteiger partial charge on any atom is 0.132 e. The van der Waals surface area contributed by atoms with Crippen LogP contribution >= 0.6 is 11.6 Å². The normalized spacial score (nSPS) is 11.9. The van der Waals surface area contributed by atoms with Gasteiger partial charge in [0.2, 0.25) is 0 Å². The minimum Gasteiger partial charge on any atom is -0.397 e. The molecule has 1 aromatic carbocycles. The highest BCUT2D eigenvalue weighted by Crippen LogP contribution is 2.22. The van der Waals surface area contributed by atoms with Crippen LogP contribution in [0.2, 0.25) is 5.02 Å². The Labute approximate surface area is 92.8 Å². The third-order valence-electron chi connectivity index (χ3n) is 2.03. The summed E-state index contributed by atoms with van der Waals surface area (Å²) in [6, 6.07) is 6.02. The van der Waals surface area contributed by atoms with Gasteiger partial charge in [0.05, 0.1) is 17.3 Å². The van der Waals surface area contributed by atoms with E-state index in [0.29, 0.717) is 17.0 Å². The number of rotatable bonds is 2. The second-order valence-corrected chi connectivity index (χ2v) is 3.42. The van der Waals surface area contributed by atoms with Gasteiger partial charge in [0.15, 0.2) is 0 Å². The van der Waals surface area contributed by atoms with Crippen molar-refractivity contribution in [3.63, 3.8) is 0 Å². The Morgan fingerprint density at radius 2 is 2.27 bits per heavy atom. The molecule has 0 saturated carbocycles. The molecule has 0 aliphatic carbocycles. The van der Waals surface area contributed by atoms with Crippen LogP contribution in [0.15, 0.2) is 23.8 Å². The number of benzene rings is 1. The summed E-state index contributed by atoms with van der Waals surface area (Å²) < 4.78 is 13.4. The maximum absolute atomic E-state index is 13.4. The van der Waals surface area contributed by atoms with Crippen LogP contribution in [0, 0.1) is 17.1 Å². The number of hydrogen-bond donors (Lipinski definition) is 1. The summed E-state index contributed by atoms with van der Waals surface area (Å²) in [5.41, 5.74) is 6.38. The lowest BCUT2D eigenvalue weighted by Crippen LogP contribution is -2.03. The van der Waals surface area contributed by atoms with Crippen molar-refractivity contribution < 1.29 is 4.39 Å². The lowest BCUT2D eigenvalue weighted by Gasteiger charge is -2.06. The molecule has 78 valence electrons. The first kappa shape index (κ1) is 11.5. The van der Waals surface area contributed by atoms with Crippen molar-refractivity contribution in [2.75, 3.05) is 0 Å². The van der Waals surface area contributed by atoms with Gasteiger partial charge >= 0.3 is 0 Å². The molecule has 0 spiro atoms. The van der Waals surface area contributed by atoms with E-state index >= 15 is 0 Å². The van der Waals surface area contributed by atoms with Crippen molar-refractivity contribution >= 4 is 17.3 Å². The first-order chi connectivity index (χ1) is 7.10. The van der Waals surface area contributed by atoms with Crippen LogP contribution in [0.1, 0.15) is 18.9 Å². The fraction of sp³-hybridized carbons (Fsp3) is 0.182. The smallest absolute Gasteiger partial charge is 0.132 e. The molecule has 1 rings (SSSR count). The molecule has 0 bridgehead atoms. The molecule has 15 heavy (non-hydrogen) atoms. The highest BCUT2D eigenvalue weighted by Gasteiger charge is 2.09. The second-order valence-electron chi connectivity index (χ2n) is 2.98. The molecule has 0 saturated heterocycles. The lowest BCUT2D eigenvalue weighted by molar-refractivity contribution is 0.623. The van der Waals surface area contributed by atoms with Crippen molar-refractivity contribution in [3.8, 4) is 6.07 Å². The zero-order chi connectivity index (χ0) is 11.4. The van der Waals surface area contributed by atoms with E-state index in [1.54, 1.807) is 6.92 Å². The quantitative estimate of drug-likeness (QED) is 0.785. The van der Waals surface area contributed by atoms with Gasteiger partial charge in [-0.2, -0.15) is 5.26 Å². The molecule has 0 aliphatic heterocycles. The van der Waals surface area contributed by atoms with Gasteiger partial charge in [0.1, 0.15) is 5.82 Å².